The lowest BCUT2D eigenvalue weighted by molar-refractivity contribution is 0.607. The fourth-order valence-corrected chi connectivity index (χ4v) is 4.29. The van der Waals surface area contributed by atoms with Crippen molar-refractivity contribution in [2.45, 2.75) is 51.9 Å². The van der Waals surface area contributed by atoms with E-state index in [1.807, 2.05) is 0 Å². The SMILES string of the molecule is CCCCCCCCc1ccc(-c2cc[c]([Mg][Br])cc2)cc1. The molecular weight excluding hydrogens is 344 g/mol. The molecule has 0 aliphatic carbocycles. The Bertz CT molecular complexity index is 531. The summed E-state index contributed by atoms with van der Waals surface area (Å²) in [6.07, 6.45) is 9.46. The highest BCUT2D eigenvalue weighted by Crippen LogP contribution is 2.20. The van der Waals surface area contributed by atoms with Crippen molar-refractivity contribution in [3.63, 3.8) is 0 Å². The average Bonchev–Trinajstić information content (AvgIpc) is 2.59. The average molecular weight is 370 g/mol. The van der Waals surface area contributed by atoms with Gasteiger partial charge in [-0.2, -0.15) is 3.69 Å². The molecule has 0 saturated heterocycles. The van der Waals surface area contributed by atoms with E-state index in [4.69, 9.17) is 0 Å². The highest BCUT2D eigenvalue weighted by Gasteiger charge is 2.00. The molecule has 0 saturated carbocycles. The molecule has 2 aromatic rings. The number of hydrogen-bond acceptors (Lipinski definition) is 0. The van der Waals surface area contributed by atoms with Crippen molar-refractivity contribution in [3.8, 4) is 11.1 Å². The number of halogens is 1. The maximum absolute atomic E-state index is 3.63. The van der Waals surface area contributed by atoms with Crippen molar-refractivity contribution in [2.24, 2.45) is 0 Å². The summed E-state index contributed by atoms with van der Waals surface area (Å²) in [5.74, 6) is 0. The van der Waals surface area contributed by atoms with Crippen LogP contribution in [0.1, 0.15) is 51.0 Å². The second kappa shape index (κ2) is 10.5. The number of unbranched alkanes of at least 4 members (excludes halogenated alkanes) is 5. The van der Waals surface area contributed by atoms with Gasteiger partial charge in [0.1, 0.15) is 0 Å². The third-order valence-electron chi connectivity index (χ3n) is 4.21. The Balaban J connectivity index is 1.82. The summed E-state index contributed by atoms with van der Waals surface area (Å²) < 4.78 is 1.46. The summed E-state index contributed by atoms with van der Waals surface area (Å²) in [4.78, 5) is 0. The van der Waals surface area contributed by atoms with E-state index in [0.717, 1.165) is 0 Å². The minimum absolute atomic E-state index is 0.216. The Morgan fingerprint density at radius 1 is 0.727 bits per heavy atom. The standard InChI is InChI=1S/C20H25.BrH.Mg/c1-2-3-4-5-6-8-11-18-14-16-20(17-15-18)19-12-9-7-10-13-19;;/h9-10,12-17H,2-6,8,11H2,1H3;1H;/q;;+1/p-1. The van der Waals surface area contributed by atoms with E-state index in [9.17, 15) is 0 Å². The van der Waals surface area contributed by atoms with Gasteiger partial charge in [-0.3, -0.25) is 12.9 Å². The van der Waals surface area contributed by atoms with Crippen LogP contribution in [0.4, 0.5) is 0 Å². The number of hydrogen-bond donors (Lipinski definition) is 0. The maximum atomic E-state index is 3.63. The Morgan fingerprint density at radius 3 is 1.86 bits per heavy atom. The molecule has 22 heavy (non-hydrogen) atoms. The second-order valence-corrected chi connectivity index (χ2v) is 8.81. The lowest BCUT2D eigenvalue weighted by Gasteiger charge is -2.06. The number of rotatable bonds is 9. The molecule has 0 atom stereocenters. The van der Waals surface area contributed by atoms with E-state index in [0.29, 0.717) is 0 Å². The van der Waals surface area contributed by atoms with Gasteiger partial charge in [-0.1, -0.05) is 87.6 Å². The zero-order valence-corrected chi connectivity index (χ0v) is 16.7. The van der Waals surface area contributed by atoms with Gasteiger partial charge in [0.25, 0.3) is 0 Å². The summed E-state index contributed by atoms with van der Waals surface area (Å²) in [7, 11) is 0. The van der Waals surface area contributed by atoms with Crippen LogP contribution in [0.2, 0.25) is 0 Å². The van der Waals surface area contributed by atoms with Crippen LogP contribution in [0.5, 0.6) is 0 Å². The van der Waals surface area contributed by atoms with Crippen LogP contribution >= 0.6 is 12.9 Å². The molecule has 2 heteroatoms. The van der Waals surface area contributed by atoms with Crippen LogP contribution in [0, 0.1) is 0 Å². The van der Waals surface area contributed by atoms with Crippen molar-refractivity contribution in [3.05, 3.63) is 54.1 Å². The Labute approximate surface area is 151 Å². The summed E-state index contributed by atoms with van der Waals surface area (Å²) in [6, 6.07) is 18.1. The summed E-state index contributed by atoms with van der Waals surface area (Å²) in [5, 5.41) is 0. The van der Waals surface area contributed by atoms with Crippen molar-refractivity contribution in [1.82, 2.24) is 0 Å². The molecule has 2 rings (SSSR count). The second-order valence-electron chi connectivity index (χ2n) is 6.05. The lowest BCUT2D eigenvalue weighted by Crippen LogP contribution is -2.06. The molecule has 0 unspecified atom stereocenters. The molecule has 0 nitrogen and oxygen atoms in total. The van der Waals surface area contributed by atoms with Gasteiger partial charge in [0.2, 0.25) is 0 Å². The fourth-order valence-electron chi connectivity index (χ4n) is 2.76. The van der Waals surface area contributed by atoms with Gasteiger partial charge in [0, 0.05) is 0 Å². The third kappa shape index (κ3) is 6.06. The molecule has 2 aromatic carbocycles. The van der Waals surface area contributed by atoms with E-state index in [1.165, 1.54) is 65.3 Å². The van der Waals surface area contributed by atoms with Crippen LogP contribution in [0.3, 0.4) is 0 Å². The van der Waals surface area contributed by atoms with Crippen LogP contribution in [-0.4, -0.2) is 18.2 Å². The molecule has 0 spiro atoms. The molecule has 0 fully saturated rings. The van der Waals surface area contributed by atoms with Crippen molar-refractivity contribution >= 4 is 34.8 Å². The van der Waals surface area contributed by atoms with Gasteiger partial charge in [-0.25, -0.2) is 0 Å². The van der Waals surface area contributed by atoms with Crippen molar-refractivity contribution < 1.29 is 0 Å². The normalized spacial score (nSPS) is 10.5. The Kier molecular flexibility index (Phi) is 8.57. The molecule has 114 valence electrons. The predicted molar refractivity (Wildman–Crippen MR) is 103 cm³/mol. The van der Waals surface area contributed by atoms with Crippen LogP contribution in [0.15, 0.2) is 48.5 Å². The van der Waals surface area contributed by atoms with Gasteiger partial charge in [0.15, 0.2) is 0 Å². The molecule has 0 aliphatic heterocycles. The van der Waals surface area contributed by atoms with E-state index < -0.39 is 0 Å². The highest BCUT2D eigenvalue weighted by molar-refractivity contribution is 9.23. The van der Waals surface area contributed by atoms with Crippen molar-refractivity contribution in [2.75, 3.05) is 0 Å². The minimum Gasteiger partial charge on any atom is -0.296 e. The Morgan fingerprint density at radius 2 is 1.27 bits per heavy atom. The number of benzene rings is 2. The van der Waals surface area contributed by atoms with Crippen LogP contribution < -0.4 is 3.69 Å². The lowest BCUT2D eigenvalue weighted by atomic mass is 10.0. The molecule has 0 bridgehead atoms. The molecule has 0 heterocycles. The first kappa shape index (κ1) is 18.0. The van der Waals surface area contributed by atoms with Crippen molar-refractivity contribution in [1.29, 1.82) is 0 Å². The van der Waals surface area contributed by atoms with E-state index >= 15 is 0 Å². The first-order chi connectivity index (χ1) is 10.8. The van der Waals surface area contributed by atoms with Gasteiger partial charge < -0.3 is 0 Å². The summed E-state index contributed by atoms with van der Waals surface area (Å²) in [6.45, 7) is 2.27. The Hall–Kier alpha value is -0.314. The first-order valence-electron chi connectivity index (χ1n) is 8.57. The molecule has 0 amide bonds. The third-order valence-corrected chi connectivity index (χ3v) is 6.94. The molecular formula is C20H25BrMg. The fraction of sp³-hybridized carbons (Fsp3) is 0.400. The zero-order valence-electron chi connectivity index (χ0n) is 13.7. The smallest absolute Gasteiger partial charge is 0.296 e. The minimum atomic E-state index is -0.216. The highest BCUT2D eigenvalue weighted by atomic mass is 79.9. The quantitative estimate of drug-likeness (QED) is 0.381. The monoisotopic (exact) mass is 368 g/mol. The number of aryl methyl sites for hydroxylation is 1. The first-order valence-corrected chi connectivity index (χ1v) is 13.2. The van der Waals surface area contributed by atoms with Crippen LogP contribution in [0.25, 0.3) is 11.1 Å². The maximum Gasteiger partial charge on any atom is 0.506 e. The summed E-state index contributed by atoms with van der Waals surface area (Å²) >= 11 is 3.41. The van der Waals surface area contributed by atoms with E-state index in [1.54, 1.807) is 0 Å². The largest absolute Gasteiger partial charge is 0.506 e. The predicted octanol–water partition coefficient (Wildman–Crippen LogP) is 5.90. The van der Waals surface area contributed by atoms with Gasteiger partial charge in [-0.05, 0) is 29.5 Å². The van der Waals surface area contributed by atoms with Gasteiger partial charge in [-0.15, -0.1) is 0 Å². The zero-order chi connectivity index (χ0) is 15.6. The molecule has 0 radical (unpaired) electrons. The van der Waals surface area contributed by atoms with Gasteiger partial charge in [0.05, 0.1) is 0 Å². The molecule has 0 aliphatic rings. The summed E-state index contributed by atoms with van der Waals surface area (Å²) in [5.41, 5.74) is 4.13. The molecule has 0 aromatic heterocycles. The van der Waals surface area contributed by atoms with E-state index in [-0.39, 0.29) is 18.2 Å². The van der Waals surface area contributed by atoms with E-state index in [2.05, 4.69) is 68.3 Å². The molecule has 0 N–H and O–H groups in total. The van der Waals surface area contributed by atoms with Crippen LogP contribution in [-0.2, 0) is 6.42 Å². The topological polar surface area (TPSA) is 0 Å². The van der Waals surface area contributed by atoms with Gasteiger partial charge >= 0.3 is 18.2 Å².